The number of hydrogen-bond acceptors (Lipinski definition) is 3. The second-order valence-electron chi connectivity index (χ2n) is 0.806. The first-order chi connectivity index (χ1) is 3.00. The lowest BCUT2D eigenvalue weighted by Gasteiger charge is -1.96. The van der Waals surface area contributed by atoms with Crippen LogP contribution in [0.15, 0.2) is 17.4 Å². The standard InChI is InChI=1S/C3H4N2O/c1-2-5-6-3-4-1/h1-3,5H. The number of hydroxylamine groups is 1. The highest BCUT2D eigenvalue weighted by molar-refractivity contribution is 5.47. The number of nitrogens with zero attached hydrogens (tertiary/aromatic N) is 1. The molecule has 0 aliphatic carbocycles. The molecular weight excluding hydrogens is 80.0 g/mol. The molecule has 1 heterocycles. The molecule has 1 aliphatic heterocycles. The molecule has 0 spiro atoms. The first-order valence-corrected chi connectivity index (χ1v) is 1.58. The van der Waals surface area contributed by atoms with Crippen molar-refractivity contribution < 1.29 is 4.84 Å². The van der Waals surface area contributed by atoms with Crippen molar-refractivity contribution in [3.8, 4) is 0 Å². The molecule has 6 heavy (non-hydrogen) atoms. The molecule has 0 saturated carbocycles. The van der Waals surface area contributed by atoms with Crippen LogP contribution in [0.2, 0.25) is 0 Å². The van der Waals surface area contributed by atoms with Crippen LogP contribution in [0.3, 0.4) is 0 Å². The Balaban J connectivity index is 2.46. The number of aliphatic imine (C=N–C) groups is 1. The van der Waals surface area contributed by atoms with Crippen molar-refractivity contribution >= 4 is 6.40 Å². The van der Waals surface area contributed by atoms with Crippen LogP contribution in [0.25, 0.3) is 0 Å². The van der Waals surface area contributed by atoms with E-state index in [4.69, 9.17) is 0 Å². The molecule has 1 N–H and O–H groups in total. The molecule has 0 amide bonds. The lowest BCUT2D eigenvalue weighted by atomic mass is 10.9. The maximum Gasteiger partial charge on any atom is 0.208 e. The Morgan fingerprint density at radius 1 is 1.67 bits per heavy atom. The Labute approximate surface area is 35.3 Å². The molecule has 32 valence electrons. The van der Waals surface area contributed by atoms with E-state index < -0.39 is 0 Å². The third-order valence-electron chi connectivity index (χ3n) is 0.410. The summed E-state index contributed by atoms with van der Waals surface area (Å²) in [5, 5.41) is 0. The second kappa shape index (κ2) is 1.45. The smallest absolute Gasteiger partial charge is 0.208 e. The van der Waals surface area contributed by atoms with Gasteiger partial charge < -0.3 is 4.84 Å². The largest absolute Gasteiger partial charge is 0.370 e. The SMILES string of the molecule is C1=CNOC=N1. The van der Waals surface area contributed by atoms with Crippen molar-refractivity contribution in [1.29, 1.82) is 0 Å². The molecule has 3 nitrogen and oxygen atoms in total. The molecular formula is C3H4N2O. The van der Waals surface area contributed by atoms with Crippen LogP contribution in [-0.2, 0) is 4.84 Å². The fourth-order valence-corrected chi connectivity index (χ4v) is 0.209. The van der Waals surface area contributed by atoms with Crippen LogP contribution < -0.4 is 5.48 Å². The summed E-state index contributed by atoms with van der Waals surface area (Å²) in [4.78, 5) is 8.03. The summed E-state index contributed by atoms with van der Waals surface area (Å²) >= 11 is 0. The monoisotopic (exact) mass is 84.0 g/mol. The van der Waals surface area contributed by atoms with E-state index >= 15 is 0 Å². The zero-order valence-electron chi connectivity index (χ0n) is 3.09. The van der Waals surface area contributed by atoms with Gasteiger partial charge in [-0.25, -0.2) is 10.5 Å². The number of nitrogens with one attached hydrogen (secondary N) is 1. The van der Waals surface area contributed by atoms with Crippen molar-refractivity contribution in [2.75, 3.05) is 0 Å². The molecule has 1 aliphatic rings. The Morgan fingerprint density at radius 3 is 2.83 bits per heavy atom. The topological polar surface area (TPSA) is 33.6 Å². The highest BCUT2D eigenvalue weighted by Crippen LogP contribution is 1.74. The minimum atomic E-state index is 1.32. The van der Waals surface area contributed by atoms with Gasteiger partial charge in [-0.1, -0.05) is 0 Å². The summed E-state index contributed by atoms with van der Waals surface area (Å²) < 4.78 is 0. The average molecular weight is 84.1 g/mol. The predicted molar refractivity (Wildman–Crippen MR) is 21.9 cm³/mol. The molecule has 0 saturated heterocycles. The summed E-state index contributed by atoms with van der Waals surface area (Å²) in [7, 11) is 0. The summed E-state index contributed by atoms with van der Waals surface area (Å²) in [6.45, 7) is 0. The van der Waals surface area contributed by atoms with Crippen LogP contribution in [0.4, 0.5) is 0 Å². The van der Waals surface area contributed by atoms with E-state index in [2.05, 4.69) is 15.3 Å². The lowest BCUT2D eigenvalue weighted by Crippen LogP contribution is -2.06. The van der Waals surface area contributed by atoms with Gasteiger partial charge in [0, 0.05) is 6.20 Å². The Morgan fingerprint density at radius 2 is 2.67 bits per heavy atom. The van der Waals surface area contributed by atoms with Gasteiger partial charge in [-0.05, 0) is 0 Å². The third-order valence-corrected chi connectivity index (χ3v) is 0.410. The Bertz CT molecular complexity index is 74.8. The minimum Gasteiger partial charge on any atom is -0.370 e. The number of rotatable bonds is 0. The van der Waals surface area contributed by atoms with Gasteiger partial charge in [0.2, 0.25) is 6.40 Å². The highest BCUT2D eigenvalue weighted by atomic mass is 16.6. The van der Waals surface area contributed by atoms with Gasteiger partial charge in [-0.2, -0.15) is 0 Å². The van der Waals surface area contributed by atoms with Crippen LogP contribution in [0.5, 0.6) is 0 Å². The predicted octanol–water partition coefficient (Wildman–Crippen LogP) is 0.0207. The molecule has 0 bridgehead atoms. The van der Waals surface area contributed by atoms with Crippen molar-refractivity contribution in [3.05, 3.63) is 12.4 Å². The van der Waals surface area contributed by atoms with Gasteiger partial charge in [-0.15, -0.1) is 0 Å². The third kappa shape index (κ3) is 0.484. The van der Waals surface area contributed by atoms with E-state index in [0.29, 0.717) is 0 Å². The molecule has 0 fully saturated rings. The van der Waals surface area contributed by atoms with Crippen LogP contribution in [0.1, 0.15) is 0 Å². The van der Waals surface area contributed by atoms with E-state index in [1.165, 1.54) is 6.40 Å². The van der Waals surface area contributed by atoms with E-state index in [-0.39, 0.29) is 0 Å². The average Bonchev–Trinajstić information content (AvgIpc) is 1.72. The van der Waals surface area contributed by atoms with Crippen LogP contribution >= 0.6 is 0 Å². The van der Waals surface area contributed by atoms with E-state index in [1.54, 1.807) is 12.4 Å². The fraction of sp³-hybridized carbons (Fsp3) is 0. The van der Waals surface area contributed by atoms with E-state index in [0.717, 1.165) is 0 Å². The molecule has 0 unspecified atom stereocenters. The van der Waals surface area contributed by atoms with Crippen molar-refractivity contribution in [2.24, 2.45) is 4.99 Å². The molecule has 0 aromatic heterocycles. The van der Waals surface area contributed by atoms with Gasteiger partial charge in [0.05, 0.1) is 6.20 Å². The van der Waals surface area contributed by atoms with E-state index in [1.807, 2.05) is 0 Å². The van der Waals surface area contributed by atoms with Gasteiger partial charge in [0.15, 0.2) is 0 Å². The van der Waals surface area contributed by atoms with Gasteiger partial charge in [0.25, 0.3) is 0 Å². The first kappa shape index (κ1) is 3.21. The Hall–Kier alpha value is -0.990. The first-order valence-electron chi connectivity index (χ1n) is 1.58. The highest BCUT2D eigenvalue weighted by Gasteiger charge is 1.73. The van der Waals surface area contributed by atoms with Gasteiger partial charge in [-0.3, -0.25) is 0 Å². The van der Waals surface area contributed by atoms with Crippen molar-refractivity contribution in [2.45, 2.75) is 0 Å². The van der Waals surface area contributed by atoms with Crippen molar-refractivity contribution in [3.63, 3.8) is 0 Å². The van der Waals surface area contributed by atoms with Crippen LogP contribution in [-0.4, -0.2) is 6.40 Å². The summed E-state index contributed by atoms with van der Waals surface area (Å²) in [5.41, 5.74) is 2.45. The molecule has 0 aromatic rings. The maximum absolute atomic E-state index is 4.44. The normalized spacial score (nSPS) is 16.0. The lowest BCUT2D eigenvalue weighted by molar-refractivity contribution is 0.237. The Kier molecular flexibility index (Phi) is 0.774. The molecule has 0 radical (unpaired) electrons. The van der Waals surface area contributed by atoms with Gasteiger partial charge in [0.1, 0.15) is 0 Å². The van der Waals surface area contributed by atoms with Crippen molar-refractivity contribution in [1.82, 2.24) is 5.48 Å². The molecule has 0 aromatic carbocycles. The van der Waals surface area contributed by atoms with Crippen LogP contribution in [0, 0.1) is 0 Å². The molecule has 1 rings (SSSR count). The van der Waals surface area contributed by atoms with E-state index in [9.17, 15) is 0 Å². The minimum absolute atomic E-state index is 1.32. The maximum atomic E-state index is 4.44. The quantitative estimate of drug-likeness (QED) is 0.449. The summed E-state index contributed by atoms with van der Waals surface area (Å²) in [5.74, 6) is 0. The molecule has 3 heteroatoms. The summed E-state index contributed by atoms with van der Waals surface area (Å²) in [6.07, 6.45) is 4.52. The second-order valence-corrected chi connectivity index (χ2v) is 0.806. The van der Waals surface area contributed by atoms with Gasteiger partial charge >= 0.3 is 0 Å². The number of hydrogen-bond donors (Lipinski definition) is 1. The zero-order valence-corrected chi connectivity index (χ0v) is 3.09. The fourth-order valence-electron chi connectivity index (χ4n) is 0.209. The zero-order chi connectivity index (χ0) is 4.24. The summed E-state index contributed by atoms with van der Waals surface area (Å²) in [6, 6.07) is 0. The molecule has 0 atom stereocenters.